The van der Waals surface area contributed by atoms with Crippen LogP contribution in [0.3, 0.4) is 0 Å². The van der Waals surface area contributed by atoms with Gasteiger partial charge < -0.3 is 16.2 Å². The number of nitrogens with one attached hydrogen (secondary N) is 1. The first-order valence-corrected chi connectivity index (χ1v) is 12.0. The molecule has 1 aliphatic rings. The van der Waals surface area contributed by atoms with Gasteiger partial charge in [-0.15, -0.1) is 0 Å². The van der Waals surface area contributed by atoms with Crippen LogP contribution in [0.2, 0.25) is 0 Å². The summed E-state index contributed by atoms with van der Waals surface area (Å²) in [5.74, 6) is -0.711. The van der Waals surface area contributed by atoms with Crippen LogP contribution in [0.15, 0.2) is 36.9 Å². The second kappa shape index (κ2) is 11.1. The highest BCUT2D eigenvalue weighted by Gasteiger charge is 2.29. The Kier molecular flexibility index (Phi) is 8.71. The number of nitrogen functional groups attached to an aromatic ring is 2. The van der Waals surface area contributed by atoms with E-state index in [0.717, 1.165) is 0 Å². The van der Waals surface area contributed by atoms with E-state index in [9.17, 15) is 13.2 Å². The number of aromatic nitrogens is 4. The summed E-state index contributed by atoms with van der Waals surface area (Å²) in [7, 11) is -3.84. The van der Waals surface area contributed by atoms with Gasteiger partial charge in [0.05, 0.1) is 23.7 Å². The van der Waals surface area contributed by atoms with Gasteiger partial charge in [0, 0.05) is 5.69 Å². The molecule has 1 aliphatic heterocycles. The third kappa shape index (κ3) is 5.96. The summed E-state index contributed by atoms with van der Waals surface area (Å²) < 4.78 is 34.5. The van der Waals surface area contributed by atoms with Crippen LogP contribution in [0.1, 0.15) is 57.1 Å². The van der Waals surface area contributed by atoms with Crippen LogP contribution in [0.5, 0.6) is 0 Å². The zero-order valence-corrected chi connectivity index (χ0v) is 18.7. The minimum atomic E-state index is -3.84. The van der Waals surface area contributed by atoms with Crippen molar-refractivity contribution in [3.05, 3.63) is 42.5 Å². The van der Waals surface area contributed by atoms with E-state index in [1.807, 2.05) is 13.8 Å². The summed E-state index contributed by atoms with van der Waals surface area (Å²) in [5, 5.41) is 0. The first-order valence-electron chi connectivity index (χ1n) is 10.3. The Morgan fingerprint density at radius 2 is 1.91 bits per heavy atom. The quantitative estimate of drug-likeness (QED) is 0.451. The van der Waals surface area contributed by atoms with E-state index >= 15 is 0 Å². The average Bonchev–Trinajstić information content (AvgIpc) is 3.41. The summed E-state index contributed by atoms with van der Waals surface area (Å²) >= 11 is 0. The Labute approximate surface area is 193 Å². The molecule has 5 N–H and O–H groups in total. The number of hydrogen-bond donors (Lipinski definition) is 3. The number of nitrogens with two attached hydrogens (primary N) is 2. The molecule has 0 unspecified atom stereocenters. The first kappa shape index (κ1) is 26.0. The predicted octanol–water partition coefficient (Wildman–Crippen LogP) is 2.48. The van der Waals surface area contributed by atoms with E-state index in [4.69, 9.17) is 16.2 Å². The lowest BCUT2D eigenvalue weighted by Gasteiger charge is -2.15. The van der Waals surface area contributed by atoms with Crippen molar-refractivity contribution in [1.82, 2.24) is 24.2 Å². The van der Waals surface area contributed by atoms with Gasteiger partial charge in [-0.3, -0.25) is 9.36 Å². The molecule has 0 radical (unpaired) electrons. The average molecular weight is 478 g/mol. The highest BCUT2D eigenvalue weighted by atomic mass is 32.2. The molecule has 180 valence electrons. The second-order valence-electron chi connectivity index (χ2n) is 7.00. The van der Waals surface area contributed by atoms with Crippen LogP contribution in [-0.4, -0.2) is 45.7 Å². The first-order chi connectivity index (χ1) is 15.3. The number of sulfonamides is 1. The molecule has 3 aromatic rings. The van der Waals surface area contributed by atoms with E-state index in [0.29, 0.717) is 24.0 Å². The Morgan fingerprint density at radius 1 is 1.18 bits per heavy atom. The number of carbonyl (C=O) groups is 1. The normalized spacial score (nSPS) is 17.6. The Hall–Kier alpha value is -3.25. The van der Waals surface area contributed by atoms with Crippen LogP contribution >= 0.6 is 0 Å². The predicted molar refractivity (Wildman–Crippen MR) is 128 cm³/mol. The van der Waals surface area contributed by atoms with Crippen molar-refractivity contribution in [3.63, 3.8) is 0 Å². The molecule has 1 saturated heterocycles. The minimum absolute atomic E-state index is 0. The smallest absolute Gasteiger partial charge is 0.266 e. The van der Waals surface area contributed by atoms with Gasteiger partial charge >= 0.3 is 0 Å². The largest absolute Gasteiger partial charge is 0.398 e. The number of anilines is 2. The number of ether oxygens (including phenoxy) is 1. The van der Waals surface area contributed by atoms with Crippen LogP contribution in [0, 0.1) is 0 Å². The van der Waals surface area contributed by atoms with Crippen molar-refractivity contribution in [1.29, 1.82) is 0 Å². The maximum absolute atomic E-state index is 12.3. The molecule has 33 heavy (non-hydrogen) atoms. The highest BCUT2D eigenvalue weighted by molar-refractivity contribution is 7.90. The van der Waals surface area contributed by atoms with Crippen molar-refractivity contribution in [2.24, 2.45) is 0 Å². The van der Waals surface area contributed by atoms with Gasteiger partial charge in [-0.05, 0) is 31.4 Å². The number of amides is 1. The van der Waals surface area contributed by atoms with Gasteiger partial charge in [0.1, 0.15) is 18.1 Å². The molecule has 1 fully saturated rings. The van der Waals surface area contributed by atoms with Crippen molar-refractivity contribution in [2.45, 2.75) is 52.9 Å². The number of carbonyl (C=O) groups excluding carboxylic acids is 1. The molecule has 0 bridgehead atoms. The van der Waals surface area contributed by atoms with E-state index < -0.39 is 15.9 Å². The van der Waals surface area contributed by atoms with E-state index in [1.54, 1.807) is 23.0 Å². The molecule has 4 rings (SSSR count). The molecule has 0 spiro atoms. The van der Waals surface area contributed by atoms with Crippen LogP contribution in [0.4, 0.5) is 11.5 Å². The molecule has 12 heteroatoms. The number of rotatable bonds is 6. The number of benzene rings is 1. The molecule has 1 aromatic carbocycles. The van der Waals surface area contributed by atoms with Gasteiger partial charge in [0.25, 0.3) is 5.91 Å². The minimum Gasteiger partial charge on any atom is -0.398 e. The van der Waals surface area contributed by atoms with Gasteiger partial charge in [-0.25, -0.2) is 28.1 Å². The summed E-state index contributed by atoms with van der Waals surface area (Å²) in [5.41, 5.74) is 12.9. The molecule has 1 amide bonds. The lowest BCUT2D eigenvalue weighted by atomic mass is 10.2. The van der Waals surface area contributed by atoms with Crippen LogP contribution < -0.4 is 16.2 Å². The fraction of sp³-hybridized carbons (Fsp3) is 0.429. The van der Waals surface area contributed by atoms with Gasteiger partial charge in [-0.2, -0.15) is 0 Å². The fourth-order valence-corrected chi connectivity index (χ4v) is 4.49. The number of imidazole rings is 1. The van der Waals surface area contributed by atoms with Gasteiger partial charge in [0.2, 0.25) is 10.0 Å². The number of hydrogen-bond acceptors (Lipinski definition) is 9. The molecule has 0 saturated carbocycles. The summed E-state index contributed by atoms with van der Waals surface area (Å²) in [6, 6.07) is 6.28. The lowest BCUT2D eigenvalue weighted by Crippen LogP contribution is -2.34. The topological polar surface area (TPSA) is 168 Å². The number of para-hydroxylation sites is 1. The summed E-state index contributed by atoms with van der Waals surface area (Å²) in [4.78, 5) is 24.5. The zero-order chi connectivity index (χ0) is 23.3. The van der Waals surface area contributed by atoms with Crippen molar-refractivity contribution >= 4 is 38.6 Å². The van der Waals surface area contributed by atoms with E-state index in [1.165, 1.54) is 18.5 Å². The fourth-order valence-electron chi connectivity index (χ4n) is 3.42. The molecular weight excluding hydrogens is 446 g/mol. The molecule has 2 atom stereocenters. The van der Waals surface area contributed by atoms with Gasteiger partial charge in [-0.1, -0.05) is 33.4 Å². The molecular formula is C21H31N7O4S. The van der Waals surface area contributed by atoms with Gasteiger partial charge in [0.15, 0.2) is 11.5 Å². The summed E-state index contributed by atoms with van der Waals surface area (Å²) in [6.07, 6.45) is 3.93. The lowest BCUT2D eigenvalue weighted by molar-refractivity contribution is 0.00320. The van der Waals surface area contributed by atoms with E-state index in [-0.39, 0.29) is 49.0 Å². The van der Waals surface area contributed by atoms with Crippen molar-refractivity contribution < 1.29 is 17.9 Å². The Morgan fingerprint density at radius 3 is 2.64 bits per heavy atom. The second-order valence-corrected chi connectivity index (χ2v) is 8.84. The SMILES string of the molecule is C.CC.Nc1ccccc1C(=O)NS(=O)(=O)CC[C@@H]1CC[C@H](n2cnc3c(N)ncnc32)O1. The molecule has 2 aromatic heterocycles. The molecule has 3 heterocycles. The number of fused-ring (bicyclic) bond motifs is 1. The monoisotopic (exact) mass is 477 g/mol. The Balaban J connectivity index is 0.00000125. The molecule has 11 nitrogen and oxygen atoms in total. The van der Waals surface area contributed by atoms with Crippen molar-refractivity contribution in [2.75, 3.05) is 17.2 Å². The third-order valence-electron chi connectivity index (χ3n) is 4.94. The number of nitrogens with zero attached hydrogens (tertiary/aromatic N) is 4. The standard InChI is InChI=1S/C18H21N7O4S.C2H6.CH4/c19-13-4-2-1-3-12(13)18(26)24-30(27,28)8-7-11-5-6-14(29-11)25-10-23-15-16(20)21-9-22-17(15)25;1-2;/h1-4,9-11,14H,5-8,19H2,(H,24,26)(H2,20,21,22);1-2H3;1H4/t11-,14+;;/m0../s1. The summed E-state index contributed by atoms with van der Waals surface area (Å²) in [6.45, 7) is 4.00. The van der Waals surface area contributed by atoms with Crippen molar-refractivity contribution in [3.8, 4) is 0 Å². The maximum atomic E-state index is 12.3. The third-order valence-corrected chi connectivity index (χ3v) is 6.21. The highest BCUT2D eigenvalue weighted by Crippen LogP contribution is 2.32. The maximum Gasteiger partial charge on any atom is 0.266 e. The van der Waals surface area contributed by atoms with E-state index in [2.05, 4.69) is 19.7 Å². The van der Waals surface area contributed by atoms with Crippen LogP contribution in [0.25, 0.3) is 11.2 Å². The Bertz CT molecular complexity index is 1200. The van der Waals surface area contributed by atoms with Crippen LogP contribution in [-0.2, 0) is 14.8 Å². The molecule has 0 aliphatic carbocycles. The zero-order valence-electron chi connectivity index (χ0n) is 17.9.